The normalized spacial score (nSPS) is 14.2. The summed E-state index contributed by atoms with van der Waals surface area (Å²) in [5.41, 5.74) is 5.32. The predicted molar refractivity (Wildman–Crippen MR) is 192 cm³/mol. The van der Waals surface area contributed by atoms with E-state index in [0.717, 1.165) is 51.4 Å². The zero-order valence-electron chi connectivity index (χ0n) is 29.2. The molecule has 0 fully saturated rings. The molecule has 2 unspecified atom stereocenters. The van der Waals surface area contributed by atoms with Gasteiger partial charge in [-0.1, -0.05) is 120 Å². The summed E-state index contributed by atoms with van der Waals surface area (Å²) < 4.78 is 32.5. The molecule has 0 aromatic heterocycles. The molecule has 2 atom stereocenters. The maximum absolute atomic E-state index is 12.5. The second kappa shape index (κ2) is 33.6. The highest BCUT2D eigenvalue weighted by Gasteiger charge is 2.25. The van der Waals surface area contributed by atoms with Gasteiger partial charge in [-0.05, 0) is 57.8 Å². The maximum atomic E-state index is 12.5. The molecule has 0 rings (SSSR count). The Balaban J connectivity index is 4.38. The van der Waals surface area contributed by atoms with Crippen LogP contribution >= 0.6 is 7.82 Å². The van der Waals surface area contributed by atoms with Crippen molar-refractivity contribution in [3.63, 3.8) is 0 Å². The first-order chi connectivity index (χ1) is 22.8. The third-order valence-electron chi connectivity index (χ3n) is 6.98. The third-order valence-corrected chi connectivity index (χ3v) is 7.97. The van der Waals surface area contributed by atoms with Crippen LogP contribution in [0, 0.1) is 0 Å². The van der Waals surface area contributed by atoms with Gasteiger partial charge in [-0.3, -0.25) is 18.6 Å². The van der Waals surface area contributed by atoms with Gasteiger partial charge in [0.05, 0.1) is 13.2 Å². The minimum absolute atomic E-state index is 0.0419. The molecule has 0 aliphatic rings. The van der Waals surface area contributed by atoms with Gasteiger partial charge in [0.2, 0.25) is 0 Å². The fraction of sp³-hybridized carbons (Fsp3) is 0.676. The average molecular weight is 682 g/mol. The number of unbranched alkanes of at least 4 members (excludes halogenated alkanes) is 12. The zero-order valence-corrected chi connectivity index (χ0v) is 30.1. The lowest BCUT2D eigenvalue weighted by atomic mass is 10.1. The monoisotopic (exact) mass is 681 g/mol. The van der Waals surface area contributed by atoms with Crippen LogP contribution in [0.1, 0.15) is 129 Å². The molecule has 0 radical (unpaired) electrons. The fourth-order valence-electron chi connectivity index (χ4n) is 4.34. The lowest BCUT2D eigenvalue weighted by Crippen LogP contribution is -2.29. The van der Waals surface area contributed by atoms with Gasteiger partial charge in [-0.15, -0.1) is 0 Å². The molecule has 0 aliphatic carbocycles. The number of hydrogen-bond donors (Lipinski definition) is 2. The molecule has 0 saturated carbocycles. The Labute approximate surface area is 285 Å². The molecule has 10 heteroatoms. The molecule has 0 aromatic rings. The second-order valence-corrected chi connectivity index (χ2v) is 12.9. The lowest BCUT2D eigenvalue weighted by molar-refractivity contribution is -0.161. The van der Waals surface area contributed by atoms with Gasteiger partial charge < -0.3 is 20.1 Å². The largest absolute Gasteiger partial charge is 0.472 e. The van der Waals surface area contributed by atoms with Crippen LogP contribution in [0.4, 0.5) is 0 Å². The summed E-state index contributed by atoms with van der Waals surface area (Å²) in [5, 5.41) is 0. The van der Waals surface area contributed by atoms with Crippen LogP contribution < -0.4 is 5.73 Å². The summed E-state index contributed by atoms with van der Waals surface area (Å²) in [7, 11) is -4.38. The van der Waals surface area contributed by atoms with Crippen LogP contribution in [-0.2, 0) is 32.7 Å². The fourth-order valence-corrected chi connectivity index (χ4v) is 5.11. The summed E-state index contributed by atoms with van der Waals surface area (Å²) in [5.74, 6) is -0.902. The lowest BCUT2D eigenvalue weighted by Gasteiger charge is -2.19. The Morgan fingerprint density at radius 2 is 1.19 bits per heavy atom. The topological polar surface area (TPSA) is 134 Å². The molecule has 0 spiro atoms. The zero-order chi connectivity index (χ0) is 34.7. The number of hydrogen-bond acceptors (Lipinski definition) is 8. The molecule has 47 heavy (non-hydrogen) atoms. The number of allylic oxidation sites excluding steroid dienone is 10. The summed E-state index contributed by atoms with van der Waals surface area (Å²) >= 11 is 0. The number of carbonyl (C=O) groups excluding carboxylic acids is 2. The smallest absolute Gasteiger partial charge is 0.462 e. The van der Waals surface area contributed by atoms with E-state index in [-0.39, 0.29) is 32.6 Å². The number of phosphoric ester groups is 1. The number of rotatable bonds is 32. The van der Waals surface area contributed by atoms with E-state index in [0.29, 0.717) is 12.8 Å². The molecule has 0 bridgehead atoms. The summed E-state index contributed by atoms with van der Waals surface area (Å²) in [6.45, 7) is 3.48. The van der Waals surface area contributed by atoms with Crippen molar-refractivity contribution >= 4 is 19.8 Å². The predicted octanol–water partition coefficient (Wildman–Crippen LogP) is 9.38. The summed E-state index contributed by atoms with van der Waals surface area (Å²) in [6.07, 6.45) is 36.9. The molecule has 3 N–H and O–H groups in total. The third kappa shape index (κ3) is 33.4. The van der Waals surface area contributed by atoms with E-state index < -0.39 is 32.5 Å². The van der Waals surface area contributed by atoms with Gasteiger partial charge >= 0.3 is 19.8 Å². The molecule has 270 valence electrons. The Bertz CT molecular complexity index is 960. The van der Waals surface area contributed by atoms with Gasteiger partial charge in [0.25, 0.3) is 0 Å². The molecule has 0 heterocycles. The molecule has 0 aliphatic heterocycles. The van der Waals surface area contributed by atoms with Crippen molar-refractivity contribution in [2.24, 2.45) is 5.73 Å². The van der Waals surface area contributed by atoms with Crippen molar-refractivity contribution in [3.8, 4) is 0 Å². The van der Waals surface area contributed by atoms with Crippen molar-refractivity contribution in [2.45, 2.75) is 136 Å². The number of nitrogens with two attached hydrogens (primary N) is 1. The van der Waals surface area contributed by atoms with Crippen molar-refractivity contribution in [1.29, 1.82) is 0 Å². The van der Waals surface area contributed by atoms with E-state index in [2.05, 4.69) is 38.2 Å². The highest BCUT2D eigenvalue weighted by atomic mass is 31.2. The van der Waals surface area contributed by atoms with Crippen LogP contribution in [0.5, 0.6) is 0 Å². The molecular formula is C37H64NO8P. The number of carbonyl (C=O) groups is 2. The van der Waals surface area contributed by atoms with E-state index in [1.54, 1.807) is 0 Å². The van der Waals surface area contributed by atoms with E-state index in [1.165, 1.54) is 38.5 Å². The highest BCUT2D eigenvalue weighted by Crippen LogP contribution is 2.43. The second-order valence-electron chi connectivity index (χ2n) is 11.4. The average Bonchev–Trinajstić information content (AvgIpc) is 3.05. The maximum Gasteiger partial charge on any atom is 0.472 e. The first-order valence-corrected chi connectivity index (χ1v) is 19.3. The van der Waals surface area contributed by atoms with Crippen LogP contribution in [0.2, 0.25) is 0 Å². The van der Waals surface area contributed by atoms with E-state index in [1.807, 2.05) is 36.5 Å². The Hall–Kier alpha value is -2.29. The quantitative estimate of drug-likeness (QED) is 0.0234. The van der Waals surface area contributed by atoms with Crippen LogP contribution in [-0.4, -0.2) is 49.3 Å². The minimum atomic E-state index is -4.38. The molecule has 0 aromatic carbocycles. The van der Waals surface area contributed by atoms with E-state index >= 15 is 0 Å². The van der Waals surface area contributed by atoms with Crippen molar-refractivity contribution in [1.82, 2.24) is 0 Å². The molecule has 0 amide bonds. The standard InChI is InChI=1S/C37H64NO8P/c1-3-5-7-9-11-13-15-17-19-21-23-25-27-29-36(39)43-33-35(34-45-47(41,42)44-32-31-38)46-37(40)30-28-26-24-22-20-18-16-14-12-10-8-6-4-2/h6,8,10,12,14,16-20,35H,3-5,7,9,11,13,15,21-34,38H2,1-2H3,(H,41,42)/b8-6+,12-10+,16-14+,19-17+,20-18+. The van der Waals surface area contributed by atoms with Crippen molar-refractivity contribution in [2.75, 3.05) is 26.4 Å². The Morgan fingerprint density at radius 1 is 0.660 bits per heavy atom. The number of ether oxygens (including phenoxy) is 2. The van der Waals surface area contributed by atoms with Gasteiger partial charge in [-0.25, -0.2) is 4.57 Å². The summed E-state index contributed by atoms with van der Waals surface area (Å²) in [6, 6.07) is 0. The minimum Gasteiger partial charge on any atom is -0.462 e. The van der Waals surface area contributed by atoms with Crippen molar-refractivity contribution in [3.05, 3.63) is 60.8 Å². The SMILES string of the molecule is CC/C=C/C=C/C=C/C=C/CCCCCC(=O)OC(COC(=O)CCCCC/C=C/CCCCCCCC)COP(=O)(O)OCCN. The van der Waals surface area contributed by atoms with E-state index in [9.17, 15) is 19.0 Å². The number of phosphoric acid groups is 1. The van der Waals surface area contributed by atoms with Gasteiger partial charge in [0, 0.05) is 19.4 Å². The molecule has 9 nitrogen and oxygen atoms in total. The van der Waals surface area contributed by atoms with Gasteiger partial charge in [0.1, 0.15) is 6.61 Å². The van der Waals surface area contributed by atoms with Crippen LogP contribution in [0.3, 0.4) is 0 Å². The van der Waals surface area contributed by atoms with Crippen molar-refractivity contribution < 1.29 is 37.6 Å². The first-order valence-electron chi connectivity index (χ1n) is 17.8. The Kier molecular flexibility index (Phi) is 32.0. The van der Waals surface area contributed by atoms with Crippen LogP contribution in [0.15, 0.2) is 60.8 Å². The number of esters is 2. The Morgan fingerprint density at radius 3 is 1.81 bits per heavy atom. The van der Waals surface area contributed by atoms with Crippen LogP contribution in [0.25, 0.3) is 0 Å². The molecule has 0 saturated heterocycles. The first kappa shape index (κ1) is 44.7. The molecular weight excluding hydrogens is 617 g/mol. The van der Waals surface area contributed by atoms with Gasteiger partial charge in [0.15, 0.2) is 6.10 Å². The summed E-state index contributed by atoms with van der Waals surface area (Å²) in [4.78, 5) is 34.6. The van der Waals surface area contributed by atoms with E-state index in [4.69, 9.17) is 24.3 Å². The highest BCUT2D eigenvalue weighted by molar-refractivity contribution is 7.47. The van der Waals surface area contributed by atoms with Gasteiger partial charge in [-0.2, -0.15) is 0 Å².